The maximum absolute atomic E-state index is 9.82. The molecule has 13 rings (SSSR count). The SMILES string of the molecule is N#Cc1cccc(-c2cc(-c3ccc(C4(c5ccc(-c6cccc7c(C#N)cccc67)cc5)C5CC6CC(C5)CC4C6)cc3)nc(-c3cccc4oc5ccccc5c34)n2)c1. The molecule has 0 spiro atoms. The number of aromatic nitrogens is 2. The van der Waals surface area contributed by atoms with Gasteiger partial charge in [-0.15, -0.1) is 0 Å². The summed E-state index contributed by atoms with van der Waals surface area (Å²) in [4.78, 5) is 10.5. The molecule has 0 unspecified atom stereocenters. The normalized spacial score (nSPS) is 21.5. The highest BCUT2D eigenvalue weighted by atomic mass is 16.3. The Morgan fingerprint density at radius 2 is 1.10 bits per heavy atom. The fraction of sp³-hybridized carbons (Fsp3) is 0.179. The van der Waals surface area contributed by atoms with E-state index in [0.717, 1.165) is 78.2 Å². The molecule has 290 valence electrons. The molecule has 4 bridgehead atoms. The smallest absolute Gasteiger partial charge is 0.161 e. The zero-order valence-electron chi connectivity index (χ0n) is 33.6. The van der Waals surface area contributed by atoms with Crippen LogP contribution >= 0.6 is 0 Å². The zero-order valence-corrected chi connectivity index (χ0v) is 33.6. The molecule has 4 aliphatic carbocycles. The van der Waals surface area contributed by atoms with Crippen LogP contribution in [0.4, 0.5) is 0 Å². The highest BCUT2D eigenvalue weighted by Gasteiger charge is 2.58. The number of para-hydroxylation sites is 1. The predicted octanol–water partition coefficient (Wildman–Crippen LogP) is 13.7. The van der Waals surface area contributed by atoms with Gasteiger partial charge in [0.2, 0.25) is 0 Å². The second-order valence-electron chi connectivity index (χ2n) is 17.6. The number of hydrogen-bond acceptors (Lipinski definition) is 5. The number of fused-ring (bicyclic) bond motifs is 4. The molecule has 4 fully saturated rings. The van der Waals surface area contributed by atoms with Crippen molar-refractivity contribution in [2.75, 3.05) is 0 Å². The molecule has 5 heteroatoms. The van der Waals surface area contributed by atoms with Crippen molar-refractivity contribution in [2.24, 2.45) is 23.7 Å². The van der Waals surface area contributed by atoms with E-state index in [4.69, 9.17) is 14.4 Å². The lowest BCUT2D eigenvalue weighted by Gasteiger charge is -2.62. The minimum absolute atomic E-state index is 0.0745. The van der Waals surface area contributed by atoms with Crippen molar-refractivity contribution >= 4 is 32.7 Å². The lowest BCUT2D eigenvalue weighted by atomic mass is 9.42. The number of benzene rings is 7. The Hall–Kier alpha value is -7.34. The number of nitriles is 2. The topological polar surface area (TPSA) is 86.5 Å². The van der Waals surface area contributed by atoms with E-state index in [9.17, 15) is 10.5 Å². The third-order valence-electron chi connectivity index (χ3n) is 14.5. The summed E-state index contributed by atoms with van der Waals surface area (Å²) in [5, 5.41) is 23.7. The summed E-state index contributed by atoms with van der Waals surface area (Å²) in [5.41, 5.74) is 12.4. The number of rotatable bonds is 6. The van der Waals surface area contributed by atoms with Crippen molar-refractivity contribution in [3.05, 3.63) is 180 Å². The lowest BCUT2D eigenvalue weighted by Crippen LogP contribution is -2.56. The van der Waals surface area contributed by atoms with Crippen LogP contribution in [0.5, 0.6) is 0 Å². The Bertz CT molecular complexity index is 3260. The first-order valence-corrected chi connectivity index (χ1v) is 21.5. The molecule has 0 N–H and O–H groups in total. The summed E-state index contributed by atoms with van der Waals surface area (Å²) >= 11 is 0. The van der Waals surface area contributed by atoms with Crippen LogP contribution < -0.4 is 0 Å². The van der Waals surface area contributed by atoms with Crippen molar-refractivity contribution in [2.45, 2.75) is 37.5 Å². The van der Waals surface area contributed by atoms with E-state index >= 15 is 0 Å². The molecule has 9 aromatic rings. The molecule has 4 aliphatic rings. The van der Waals surface area contributed by atoms with E-state index in [-0.39, 0.29) is 5.41 Å². The van der Waals surface area contributed by atoms with Gasteiger partial charge in [-0.3, -0.25) is 0 Å². The first kappa shape index (κ1) is 35.6. The molecule has 61 heavy (non-hydrogen) atoms. The van der Waals surface area contributed by atoms with E-state index in [1.54, 1.807) is 0 Å². The van der Waals surface area contributed by atoms with Gasteiger partial charge in [-0.2, -0.15) is 10.5 Å². The predicted molar refractivity (Wildman–Crippen MR) is 242 cm³/mol. The van der Waals surface area contributed by atoms with Gasteiger partial charge in [0.05, 0.1) is 34.7 Å². The molecule has 0 aliphatic heterocycles. The van der Waals surface area contributed by atoms with Crippen molar-refractivity contribution in [1.29, 1.82) is 10.5 Å². The van der Waals surface area contributed by atoms with Crippen LogP contribution in [0.3, 0.4) is 0 Å². The van der Waals surface area contributed by atoms with Gasteiger partial charge in [0.15, 0.2) is 5.82 Å². The fourth-order valence-corrected chi connectivity index (χ4v) is 12.1. The highest BCUT2D eigenvalue weighted by molar-refractivity contribution is 6.11. The molecule has 2 aromatic heterocycles. The van der Waals surface area contributed by atoms with Crippen LogP contribution in [-0.4, -0.2) is 9.97 Å². The van der Waals surface area contributed by atoms with E-state index in [1.807, 2.05) is 66.7 Å². The summed E-state index contributed by atoms with van der Waals surface area (Å²) in [6.07, 6.45) is 6.53. The number of hydrogen-bond donors (Lipinski definition) is 0. The van der Waals surface area contributed by atoms with Gasteiger partial charge < -0.3 is 4.42 Å². The Morgan fingerprint density at radius 3 is 1.84 bits per heavy atom. The molecule has 0 radical (unpaired) electrons. The second-order valence-corrected chi connectivity index (χ2v) is 17.6. The van der Waals surface area contributed by atoms with E-state index in [0.29, 0.717) is 28.8 Å². The quantitative estimate of drug-likeness (QED) is 0.168. The second kappa shape index (κ2) is 13.9. The average Bonchev–Trinajstić information content (AvgIpc) is 3.70. The number of nitrogens with zero attached hydrogens (tertiary/aromatic N) is 4. The van der Waals surface area contributed by atoms with E-state index in [2.05, 4.69) is 103 Å². The fourth-order valence-electron chi connectivity index (χ4n) is 12.1. The van der Waals surface area contributed by atoms with Gasteiger partial charge in [0.1, 0.15) is 11.2 Å². The zero-order chi connectivity index (χ0) is 40.7. The van der Waals surface area contributed by atoms with Crippen molar-refractivity contribution in [1.82, 2.24) is 9.97 Å². The van der Waals surface area contributed by atoms with Crippen LogP contribution in [0.2, 0.25) is 0 Å². The summed E-state index contributed by atoms with van der Waals surface area (Å²) < 4.78 is 6.28. The van der Waals surface area contributed by atoms with Crippen molar-refractivity contribution in [3.63, 3.8) is 0 Å². The molecule has 4 saturated carbocycles. The van der Waals surface area contributed by atoms with Crippen LogP contribution in [0.1, 0.15) is 54.4 Å². The average molecular weight is 785 g/mol. The molecule has 0 amide bonds. The van der Waals surface area contributed by atoms with Crippen LogP contribution in [-0.2, 0) is 5.41 Å². The molecule has 0 saturated heterocycles. The van der Waals surface area contributed by atoms with Gasteiger partial charge in [0.25, 0.3) is 0 Å². The summed E-state index contributed by atoms with van der Waals surface area (Å²) in [7, 11) is 0. The highest BCUT2D eigenvalue weighted by Crippen LogP contribution is 2.65. The Morgan fingerprint density at radius 1 is 0.492 bits per heavy atom. The van der Waals surface area contributed by atoms with Gasteiger partial charge in [-0.1, -0.05) is 121 Å². The molecule has 2 heterocycles. The van der Waals surface area contributed by atoms with Crippen molar-refractivity contribution in [3.8, 4) is 57.2 Å². The largest absolute Gasteiger partial charge is 0.456 e. The summed E-state index contributed by atoms with van der Waals surface area (Å²) in [6, 6.07) is 59.7. The van der Waals surface area contributed by atoms with Crippen molar-refractivity contribution < 1.29 is 4.42 Å². The summed E-state index contributed by atoms with van der Waals surface area (Å²) in [5.74, 6) is 3.45. The standard InChI is InChI=1S/C56H40N4O/c57-32-34-7-3-8-39(26-34)51-31-50(59-55(60-51)49-14-6-16-53-54(49)48-10-1-2-15-52(48)61-53)38-19-23-42(24-20-38)56(43-27-35-25-36(29-43)30-44(56)28-35)41-21-17-37(18-22-41)45-11-5-12-46-40(33-58)9-4-13-47(45)46/h1-24,26,31,35-36,43-44H,25,27-30H2. The first-order chi connectivity index (χ1) is 30.1. The third kappa shape index (κ3) is 5.58. The minimum Gasteiger partial charge on any atom is -0.456 e. The maximum atomic E-state index is 9.82. The van der Waals surface area contributed by atoms with Gasteiger partial charge >= 0.3 is 0 Å². The Labute approximate surface area is 354 Å². The molecule has 5 nitrogen and oxygen atoms in total. The first-order valence-electron chi connectivity index (χ1n) is 21.5. The monoisotopic (exact) mass is 784 g/mol. The molecular formula is C56H40N4O. The Kier molecular flexibility index (Phi) is 8.09. The summed E-state index contributed by atoms with van der Waals surface area (Å²) in [6.45, 7) is 0. The van der Waals surface area contributed by atoms with E-state index < -0.39 is 0 Å². The van der Waals surface area contributed by atoms with Gasteiger partial charge in [0, 0.05) is 38.3 Å². The van der Waals surface area contributed by atoms with Gasteiger partial charge in [-0.05, 0) is 120 Å². The third-order valence-corrected chi connectivity index (χ3v) is 14.5. The molecular weight excluding hydrogens is 745 g/mol. The minimum atomic E-state index is -0.0745. The Balaban J connectivity index is 0.985. The molecule has 7 aromatic carbocycles. The van der Waals surface area contributed by atoms with Crippen LogP contribution in [0.25, 0.3) is 77.7 Å². The van der Waals surface area contributed by atoms with E-state index in [1.165, 1.54) is 48.8 Å². The lowest BCUT2D eigenvalue weighted by molar-refractivity contribution is -0.0418. The van der Waals surface area contributed by atoms with Crippen LogP contribution in [0, 0.1) is 46.3 Å². The van der Waals surface area contributed by atoms with Gasteiger partial charge in [-0.25, -0.2) is 9.97 Å². The van der Waals surface area contributed by atoms with Crippen LogP contribution in [0.15, 0.2) is 162 Å². The maximum Gasteiger partial charge on any atom is 0.161 e. The number of furan rings is 1. The molecule has 0 atom stereocenters.